The van der Waals surface area contributed by atoms with Gasteiger partial charge in [-0.15, -0.1) is 0 Å². The van der Waals surface area contributed by atoms with Gasteiger partial charge in [0.15, 0.2) is 6.17 Å². The van der Waals surface area contributed by atoms with Crippen molar-refractivity contribution in [3.8, 4) is 5.75 Å². The second-order valence-corrected chi connectivity index (χ2v) is 6.67. The molecule has 4 rings (SSSR count). The highest BCUT2D eigenvalue weighted by Crippen LogP contribution is 2.28. The number of hydrogen-bond acceptors (Lipinski definition) is 4. The molecule has 5 nitrogen and oxygen atoms in total. The number of nitrogens with zero attached hydrogens (tertiary/aromatic N) is 2. The second-order valence-electron chi connectivity index (χ2n) is 6.67. The number of carbonyl (C=O) groups is 1. The molecule has 2 atom stereocenters. The van der Waals surface area contributed by atoms with Gasteiger partial charge in [-0.2, -0.15) is 0 Å². The van der Waals surface area contributed by atoms with Gasteiger partial charge >= 0.3 is 0 Å². The summed E-state index contributed by atoms with van der Waals surface area (Å²) in [5, 5.41) is 2.75. The number of aryl methyl sites for hydroxylation is 1. The Bertz CT molecular complexity index is 841. The molecule has 0 saturated carbocycles. The lowest BCUT2D eigenvalue weighted by Gasteiger charge is -2.36. The highest BCUT2D eigenvalue weighted by atomic mass is 19.1. The summed E-state index contributed by atoms with van der Waals surface area (Å²) in [6.07, 6.45) is -1.27. The van der Waals surface area contributed by atoms with E-state index in [1.54, 1.807) is 0 Å². The van der Waals surface area contributed by atoms with Crippen LogP contribution in [0.3, 0.4) is 0 Å². The standard InChI is InChI=1S/C19H19F2N3O2/c1-11-8-14-16(9-22-19(14)25)23-18(11)24-7-6-17(15(21)10-24)26-13-4-2-12(20)3-5-13/h2-5,8,15,17H,6-7,9-10H2,1H3,(H,22,25)/t15-,17?/m0/s1. The minimum Gasteiger partial charge on any atom is -0.487 e. The first-order chi connectivity index (χ1) is 12.5. The van der Waals surface area contributed by atoms with Gasteiger partial charge in [0.25, 0.3) is 5.91 Å². The molecule has 1 amide bonds. The fraction of sp³-hybridized carbons (Fsp3) is 0.368. The summed E-state index contributed by atoms with van der Waals surface area (Å²) in [5.74, 6) is 0.707. The van der Waals surface area contributed by atoms with E-state index in [4.69, 9.17) is 4.74 Å². The zero-order valence-corrected chi connectivity index (χ0v) is 14.3. The first-order valence-electron chi connectivity index (χ1n) is 8.61. The van der Waals surface area contributed by atoms with E-state index in [-0.39, 0.29) is 18.3 Å². The second kappa shape index (κ2) is 6.55. The minimum atomic E-state index is -1.19. The molecule has 1 unspecified atom stereocenters. The van der Waals surface area contributed by atoms with Crippen LogP contribution in [0.25, 0.3) is 0 Å². The van der Waals surface area contributed by atoms with Crippen LogP contribution in [-0.2, 0) is 6.54 Å². The molecule has 136 valence electrons. The van der Waals surface area contributed by atoms with Crippen LogP contribution in [0, 0.1) is 12.7 Å². The number of ether oxygens (including phenoxy) is 1. The van der Waals surface area contributed by atoms with Crippen LogP contribution in [0.2, 0.25) is 0 Å². The molecule has 26 heavy (non-hydrogen) atoms. The molecule has 3 heterocycles. The number of anilines is 1. The van der Waals surface area contributed by atoms with Gasteiger partial charge in [-0.3, -0.25) is 4.79 Å². The SMILES string of the molecule is Cc1cc2c(nc1N1CCC(Oc3ccc(F)cc3)[C@@H](F)C1)CNC2=O. The zero-order valence-electron chi connectivity index (χ0n) is 14.3. The summed E-state index contributed by atoms with van der Waals surface area (Å²) in [6, 6.07) is 7.42. The van der Waals surface area contributed by atoms with Crippen LogP contribution in [0.15, 0.2) is 30.3 Å². The molecule has 1 fully saturated rings. The molecule has 1 saturated heterocycles. The molecule has 2 aliphatic rings. The molecule has 0 radical (unpaired) electrons. The van der Waals surface area contributed by atoms with E-state index in [2.05, 4.69) is 10.3 Å². The number of alkyl halides is 1. The van der Waals surface area contributed by atoms with E-state index < -0.39 is 12.3 Å². The Hall–Kier alpha value is -2.70. The Morgan fingerprint density at radius 3 is 2.81 bits per heavy atom. The molecule has 2 aliphatic heterocycles. The number of amides is 1. The predicted octanol–water partition coefficient (Wildman–Crippen LogP) is 2.77. The highest BCUT2D eigenvalue weighted by Gasteiger charge is 2.33. The Morgan fingerprint density at radius 1 is 1.31 bits per heavy atom. The van der Waals surface area contributed by atoms with Crippen LogP contribution in [0.5, 0.6) is 5.75 Å². The van der Waals surface area contributed by atoms with E-state index in [0.29, 0.717) is 42.3 Å². The Morgan fingerprint density at radius 2 is 2.08 bits per heavy atom. The molecule has 7 heteroatoms. The summed E-state index contributed by atoms with van der Waals surface area (Å²) < 4.78 is 33.3. The molecule has 0 bridgehead atoms. The van der Waals surface area contributed by atoms with Crippen LogP contribution < -0.4 is 15.0 Å². The third kappa shape index (κ3) is 3.09. The monoisotopic (exact) mass is 359 g/mol. The summed E-state index contributed by atoms with van der Waals surface area (Å²) >= 11 is 0. The Labute approximate surface area is 150 Å². The number of piperidine rings is 1. The maximum atomic E-state index is 14.7. The van der Waals surface area contributed by atoms with E-state index in [0.717, 1.165) is 5.56 Å². The van der Waals surface area contributed by atoms with Crippen molar-refractivity contribution in [2.45, 2.75) is 32.2 Å². The third-order valence-corrected chi connectivity index (χ3v) is 4.81. The van der Waals surface area contributed by atoms with Crippen molar-refractivity contribution >= 4 is 11.7 Å². The summed E-state index contributed by atoms with van der Waals surface area (Å²) in [7, 11) is 0. The molecule has 1 aromatic carbocycles. The smallest absolute Gasteiger partial charge is 0.253 e. The maximum Gasteiger partial charge on any atom is 0.253 e. The number of nitrogens with one attached hydrogen (secondary N) is 1. The number of fused-ring (bicyclic) bond motifs is 1. The highest BCUT2D eigenvalue weighted by molar-refractivity contribution is 5.98. The van der Waals surface area contributed by atoms with Crippen LogP contribution in [0.4, 0.5) is 14.6 Å². The predicted molar refractivity (Wildman–Crippen MR) is 92.7 cm³/mol. The van der Waals surface area contributed by atoms with Gasteiger partial charge in [0.1, 0.15) is 23.5 Å². The fourth-order valence-corrected chi connectivity index (χ4v) is 3.45. The lowest BCUT2D eigenvalue weighted by Crippen LogP contribution is -2.47. The number of benzene rings is 1. The van der Waals surface area contributed by atoms with Gasteiger partial charge < -0.3 is 15.0 Å². The number of pyridine rings is 1. The van der Waals surface area contributed by atoms with Gasteiger partial charge in [0, 0.05) is 13.0 Å². The quantitative estimate of drug-likeness (QED) is 0.916. The van der Waals surface area contributed by atoms with Crippen LogP contribution in [-0.4, -0.2) is 36.3 Å². The van der Waals surface area contributed by atoms with Crippen molar-refractivity contribution in [2.75, 3.05) is 18.0 Å². The van der Waals surface area contributed by atoms with E-state index in [1.165, 1.54) is 24.3 Å². The number of aromatic nitrogens is 1. The maximum absolute atomic E-state index is 14.7. The number of hydrogen-bond donors (Lipinski definition) is 1. The molecule has 0 spiro atoms. The van der Waals surface area contributed by atoms with Crippen molar-refractivity contribution in [3.63, 3.8) is 0 Å². The zero-order chi connectivity index (χ0) is 18.3. The summed E-state index contributed by atoms with van der Waals surface area (Å²) in [5.41, 5.74) is 2.15. The van der Waals surface area contributed by atoms with E-state index in [1.807, 2.05) is 17.9 Å². The molecular weight excluding hydrogens is 340 g/mol. The average Bonchev–Trinajstić information content (AvgIpc) is 2.98. The van der Waals surface area contributed by atoms with Crippen LogP contribution >= 0.6 is 0 Å². The molecular formula is C19H19F2N3O2. The van der Waals surface area contributed by atoms with Gasteiger partial charge in [-0.05, 0) is 42.8 Å². The Kier molecular flexibility index (Phi) is 4.22. The van der Waals surface area contributed by atoms with Gasteiger partial charge in [-0.25, -0.2) is 13.8 Å². The van der Waals surface area contributed by atoms with E-state index in [9.17, 15) is 13.6 Å². The number of carbonyl (C=O) groups excluding carboxylic acids is 1. The van der Waals surface area contributed by atoms with Crippen molar-refractivity contribution in [2.24, 2.45) is 0 Å². The third-order valence-electron chi connectivity index (χ3n) is 4.81. The van der Waals surface area contributed by atoms with Crippen molar-refractivity contribution < 1.29 is 18.3 Å². The van der Waals surface area contributed by atoms with Crippen LogP contribution in [0.1, 0.15) is 28.0 Å². The average molecular weight is 359 g/mol. The lowest BCUT2D eigenvalue weighted by molar-refractivity contribution is 0.0818. The number of rotatable bonds is 3. The minimum absolute atomic E-state index is 0.114. The van der Waals surface area contributed by atoms with Crippen molar-refractivity contribution in [1.29, 1.82) is 0 Å². The summed E-state index contributed by atoms with van der Waals surface area (Å²) in [4.78, 5) is 18.2. The Balaban J connectivity index is 1.47. The topological polar surface area (TPSA) is 54.5 Å². The van der Waals surface area contributed by atoms with E-state index >= 15 is 0 Å². The van der Waals surface area contributed by atoms with Gasteiger partial charge in [0.05, 0.1) is 24.3 Å². The van der Waals surface area contributed by atoms with Gasteiger partial charge in [-0.1, -0.05) is 0 Å². The normalized spacial score (nSPS) is 22.1. The first kappa shape index (κ1) is 16.8. The molecule has 0 aliphatic carbocycles. The molecule has 1 aromatic heterocycles. The summed E-state index contributed by atoms with van der Waals surface area (Å²) in [6.45, 7) is 3.05. The molecule has 2 aromatic rings. The van der Waals surface area contributed by atoms with Crippen molar-refractivity contribution in [3.05, 3.63) is 53.0 Å². The number of halogens is 2. The molecule has 1 N–H and O–H groups in total. The largest absolute Gasteiger partial charge is 0.487 e. The first-order valence-corrected chi connectivity index (χ1v) is 8.61. The fourth-order valence-electron chi connectivity index (χ4n) is 3.45. The van der Waals surface area contributed by atoms with Crippen molar-refractivity contribution in [1.82, 2.24) is 10.3 Å². The lowest BCUT2D eigenvalue weighted by atomic mass is 10.0. The van der Waals surface area contributed by atoms with Gasteiger partial charge in [0.2, 0.25) is 0 Å².